The maximum Gasteiger partial charge on any atom is 1.00 e. The fraction of sp³-hybridized carbons (Fsp3) is 0.282. The molecule has 1 aromatic heterocycles. The van der Waals surface area contributed by atoms with E-state index in [0.29, 0.717) is 40.3 Å². The van der Waals surface area contributed by atoms with Crippen LogP contribution in [-0.2, 0) is 36.4 Å². The molecular weight excluding hydrogens is 990 g/mol. The minimum Gasteiger partial charge on any atom is -0.756 e. The van der Waals surface area contributed by atoms with Gasteiger partial charge in [-0.15, -0.1) is 0 Å². The number of hydrogen-bond donors (Lipinski definition) is 8. The number of phosphoric acid groups is 3. The second kappa shape index (κ2) is 25.5. The number of H-pyrrole nitrogens is 1. The second-order valence-electron chi connectivity index (χ2n) is 14.6. The molecule has 3 heterocycles. The summed E-state index contributed by atoms with van der Waals surface area (Å²) in [6.07, 6.45) is -5.42. The Hall–Kier alpha value is -4.34. The van der Waals surface area contributed by atoms with Gasteiger partial charge in [0.05, 0.1) is 18.7 Å². The number of benzene rings is 3. The summed E-state index contributed by atoms with van der Waals surface area (Å²) < 4.78 is 56.5. The number of phenols is 1. The van der Waals surface area contributed by atoms with Crippen LogP contribution in [0.4, 0.5) is 0 Å². The van der Waals surface area contributed by atoms with Crippen molar-refractivity contribution in [1.29, 1.82) is 0 Å². The largest absolute Gasteiger partial charge is 1.00 e. The van der Waals surface area contributed by atoms with Gasteiger partial charge in [0.25, 0.3) is 34.9 Å². The molecule has 1 saturated heterocycles. The van der Waals surface area contributed by atoms with Gasteiger partial charge < -0.3 is 64.3 Å². The topological polar surface area (TPSA) is 419 Å². The van der Waals surface area contributed by atoms with Gasteiger partial charge in [0.1, 0.15) is 41.0 Å². The van der Waals surface area contributed by atoms with Crippen LogP contribution in [0.1, 0.15) is 58.2 Å². The molecule has 32 heteroatoms. The van der Waals surface area contributed by atoms with E-state index in [1.54, 1.807) is 0 Å². The first-order chi connectivity index (χ1) is 31.9. The smallest absolute Gasteiger partial charge is 0.756 e. The molecule has 8 N–H and O–H groups in total. The van der Waals surface area contributed by atoms with Gasteiger partial charge in [0.15, 0.2) is 11.7 Å². The van der Waals surface area contributed by atoms with Crippen LogP contribution in [-0.4, -0.2) is 90.7 Å². The number of carboxylic acids is 1. The summed E-state index contributed by atoms with van der Waals surface area (Å²) in [5.74, 6) is 2.71. The number of amides is 2. The van der Waals surface area contributed by atoms with Crippen LogP contribution in [0, 0.1) is 11.8 Å². The van der Waals surface area contributed by atoms with Crippen molar-refractivity contribution in [3.05, 3.63) is 109 Å². The number of unbranched alkanes of at least 4 members (excludes halogenated alkanes) is 2. The van der Waals surface area contributed by atoms with Gasteiger partial charge in [-0.1, -0.05) is 18.3 Å². The first-order valence-corrected chi connectivity index (χ1v) is 24.0. The van der Waals surface area contributed by atoms with Crippen molar-refractivity contribution in [1.82, 2.24) is 20.2 Å². The Morgan fingerprint density at radius 3 is 2.27 bits per heavy atom. The number of carbonyl (C=O) groups excluding carboxylic acids is 2. The third-order valence-electron chi connectivity index (χ3n) is 9.80. The van der Waals surface area contributed by atoms with Crippen molar-refractivity contribution < 1.29 is 147 Å². The number of ether oxygens (including phenoxy) is 1. The summed E-state index contributed by atoms with van der Waals surface area (Å²) >= 11 is 0. The molecule has 3 unspecified atom stereocenters. The predicted octanol–water partition coefficient (Wildman–Crippen LogP) is -9.64. The van der Waals surface area contributed by atoms with E-state index >= 15 is 0 Å². The SMILES string of the molecule is O=C(CCCCCNC(=O)c1ccc(C(=O)O)c(-c2c3ccc(=O)cc-3oc3cc(O)ccc23)c1)NCC#Cc1cn([C@@H]2O[C@H](COP(=O)([O-])OP(=O)([O-])OP(=O)([O-])O)[C@@H](O)[C@H]2O)c(=O)[nH]c1=O.[Li+].[Li+].[Li+]. The third-order valence-corrected chi connectivity index (χ3v) is 13.5. The van der Waals surface area contributed by atoms with Crippen LogP contribution in [0.25, 0.3) is 33.4 Å². The molecule has 0 bridgehead atoms. The zero-order valence-corrected chi connectivity index (χ0v) is 40.2. The molecule has 362 valence electrons. The van der Waals surface area contributed by atoms with E-state index in [1.165, 1.54) is 54.6 Å². The summed E-state index contributed by atoms with van der Waals surface area (Å²) in [5, 5.41) is 46.7. The van der Waals surface area contributed by atoms with Crippen molar-refractivity contribution in [3.8, 4) is 40.0 Å². The van der Waals surface area contributed by atoms with Gasteiger partial charge in [-0.2, -0.15) is 0 Å². The Kier molecular flexibility index (Phi) is 21.9. The molecule has 7 atom stereocenters. The van der Waals surface area contributed by atoms with E-state index < -0.39 is 83.6 Å². The Bertz CT molecular complexity index is 3150. The Morgan fingerprint density at radius 2 is 1.58 bits per heavy atom. The minimum absolute atomic E-state index is 0. The van der Waals surface area contributed by atoms with E-state index in [4.69, 9.17) is 14.0 Å². The molecule has 1 aliphatic carbocycles. The number of aromatic hydroxyl groups is 1. The number of nitrogens with zero attached hydrogens (tertiary/aromatic N) is 1. The molecule has 6 rings (SSSR count). The van der Waals surface area contributed by atoms with Crippen LogP contribution >= 0.6 is 23.5 Å². The number of phosphoric ester groups is 1. The Morgan fingerprint density at radius 1 is 0.859 bits per heavy atom. The number of fused-ring (bicyclic) bond motifs is 2. The number of aromatic nitrogens is 2. The number of aliphatic hydroxyl groups excluding tert-OH is 2. The number of phenolic OH excluding ortho intramolecular Hbond substituents is 1. The number of aromatic carboxylic acids is 1. The Balaban J connectivity index is 0.00000444. The molecular formula is C39H36Li3N4O22P3. The van der Waals surface area contributed by atoms with Gasteiger partial charge in [0.2, 0.25) is 5.91 Å². The van der Waals surface area contributed by atoms with Crippen molar-refractivity contribution in [3.63, 3.8) is 0 Å². The number of rotatable bonds is 18. The van der Waals surface area contributed by atoms with Crippen LogP contribution in [0.5, 0.6) is 5.75 Å². The van der Waals surface area contributed by atoms with Gasteiger partial charge in [-0.05, 0) is 60.9 Å². The second-order valence-corrected chi connectivity index (χ2v) is 18.9. The van der Waals surface area contributed by atoms with Crippen LogP contribution < -0.4 is 98.6 Å². The zero-order chi connectivity index (χ0) is 49.7. The summed E-state index contributed by atoms with van der Waals surface area (Å²) in [5.41, 5.74) is -1.84. The molecule has 26 nitrogen and oxygen atoms in total. The van der Waals surface area contributed by atoms with Crippen molar-refractivity contribution in [2.45, 2.75) is 50.2 Å². The standard InChI is InChI=1S/C39H39N4O22P3.3Li/c44-22-8-11-25-28(16-22)62-29-17-23(45)9-12-26(29)32(25)27-15-20(7-10-24(27)38(51)52)35(49)41-13-3-1-2-6-31(46)40-14-4-5-21-18-43(39(53)42-36(21)50)37-34(48)33(47)30(63-37)19-61-67(57,58)65-68(59,60)64-66(54,55)56;;;/h7-12,15-18,30,33-34,37,44,47-48H,1-3,6,13-14,19H2,(H,40,46)(H,41,49)(H,51,52)(H,57,58)(H,59,60)(H,42,50,53)(H2,54,55,56);;;/q;3*+1/p-3/t30-,33-,34-,37-;;;/m1.../s1. The summed E-state index contributed by atoms with van der Waals surface area (Å²) in [6.45, 7) is -1.35. The normalized spacial score (nSPS) is 18.7. The molecule has 71 heavy (non-hydrogen) atoms. The zero-order valence-electron chi connectivity index (χ0n) is 37.5. The number of aliphatic hydroxyl groups is 2. The van der Waals surface area contributed by atoms with Gasteiger partial charge in [0, 0.05) is 53.4 Å². The average molecular weight is 1030 g/mol. The van der Waals surface area contributed by atoms with Gasteiger partial charge in [-0.25, -0.2) is 18.2 Å². The minimum atomic E-state index is -6.24. The van der Waals surface area contributed by atoms with E-state index in [9.17, 15) is 77.6 Å². The number of aromatic amines is 1. The average Bonchev–Trinajstić information content (AvgIpc) is 3.52. The van der Waals surface area contributed by atoms with Crippen LogP contribution in [0.15, 0.2) is 79.6 Å². The predicted molar refractivity (Wildman–Crippen MR) is 224 cm³/mol. The molecule has 3 aromatic rings. The fourth-order valence-electron chi connectivity index (χ4n) is 6.80. The first kappa shape index (κ1) is 61.0. The molecule has 0 radical (unpaired) electrons. The molecule has 0 saturated carbocycles. The maximum atomic E-state index is 13.2. The molecule has 0 spiro atoms. The van der Waals surface area contributed by atoms with Crippen molar-refractivity contribution in [2.75, 3.05) is 19.7 Å². The first-order valence-electron chi connectivity index (χ1n) is 19.6. The molecule has 1 fully saturated rings. The Labute approximate surface area is 435 Å². The van der Waals surface area contributed by atoms with Crippen LogP contribution in [0.3, 0.4) is 0 Å². The fourth-order valence-corrected chi connectivity index (χ4v) is 9.70. The molecule has 3 aliphatic rings. The number of nitrogens with one attached hydrogen (secondary N) is 3. The number of hydrogen-bond acceptors (Lipinski definition) is 20. The molecule has 2 amide bonds. The van der Waals surface area contributed by atoms with Gasteiger partial charge >= 0.3 is 68.2 Å². The van der Waals surface area contributed by atoms with Gasteiger partial charge in [-0.3, -0.25) is 42.4 Å². The monoisotopic (exact) mass is 1030 g/mol. The van der Waals surface area contributed by atoms with E-state index in [-0.39, 0.29) is 121 Å². The maximum absolute atomic E-state index is 13.2. The summed E-state index contributed by atoms with van der Waals surface area (Å²) in [4.78, 5) is 120. The molecule has 2 aromatic carbocycles. The summed E-state index contributed by atoms with van der Waals surface area (Å²) in [7, 11) is -18.2. The van der Waals surface area contributed by atoms with Crippen molar-refractivity contribution in [2.24, 2.45) is 0 Å². The number of carbonyl (C=O) groups is 3. The third kappa shape index (κ3) is 16.1. The van der Waals surface area contributed by atoms with Crippen molar-refractivity contribution >= 4 is 52.2 Å². The quantitative estimate of drug-likeness (QED) is 0.0133. The van der Waals surface area contributed by atoms with E-state index in [1.807, 2.05) is 4.98 Å². The van der Waals surface area contributed by atoms with E-state index in [2.05, 4.69) is 35.6 Å². The molecule has 2 aliphatic heterocycles. The summed E-state index contributed by atoms with van der Waals surface area (Å²) in [6, 6.07) is 12.3. The van der Waals surface area contributed by atoms with E-state index in [0.717, 1.165) is 6.20 Å². The number of carboxylic acid groups (broad SMARTS) is 1. The van der Waals surface area contributed by atoms with Crippen LogP contribution in [0.2, 0.25) is 0 Å².